The van der Waals surface area contributed by atoms with E-state index in [4.69, 9.17) is 0 Å². The molecule has 0 radical (unpaired) electrons. The number of hydrogen-bond acceptors (Lipinski definition) is 5. The van der Waals surface area contributed by atoms with Crippen LogP contribution in [-0.4, -0.2) is 28.5 Å². The second-order valence-corrected chi connectivity index (χ2v) is 5.02. The summed E-state index contributed by atoms with van der Waals surface area (Å²) in [4.78, 5) is 14.9. The summed E-state index contributed by atoms with van der Waals surface area (Å²) < 4.78 is 0. The van der Waals surface area contributed by atoms with Crippen molar-refractivity contribution in [3.8, 4) is 0 Å². The normalized spacial score (nSPS) is 18.3. The van der Waals surface area contributed by atoms with Crippen molar-refractivity contribution in [1.29, 1.82) is 0 Å². The number of aryl methyl sites for hydroxylation is 1. The van der Waals surface area contributed by atoms with Gasteiger partial charge in [0.25, 0.3) is 0 Å². The third-order valence-electron chi connectivity index (χ3n) is 3.44. The second kappa shape index (κ2) is 4.89. The first kappa shape index (κ1) is 12.8. The van der Waals surface area contributed by atoms with E-state index in [2.05, 4.69) is 22.5 Å². The van der Waals surface area contributed by atoms with Crippen LogP contribution in [0.3, 0.4) is 0 Å². The van der Waals surface area contributed by atoms with Crippen molar-refractivity contribution in [2.45, 2.75) is 32.2 Å². The Morgan fingerprint density at radius 1 is 1.50 bits per heavy atom. The number of rotatable bonds is 3. The molecule has 1 aliphatic rings. The smallest absolute Gasteiger partial charge is 0.314 e. The number of anilines is 1. The average molecular weight is 250 g/mol. The van der Waals surface area contributed by atoms with E-state index in [1.54, 1.807) is 19.2 Å². The highest BCUT2D eigenvalue weighted by Crippen LogP contribution is 2.30. The van der Waals surface area contributed by atoms with Crippen molar-refractivity contribution in [3.63, 3.8) is 0 Å². The van der Waals surface area contributed by atoms with Gasteiger partial charge in [-0.25, -0.2) is 4.98 Å². The average Bonchev–Trinajstić information content (AvgIpc) is 2.28. The SMILES string of the molecule is Cc1ccnc(NC2(C)CCNCC2)c1[N+](=O)[O-]. The van der Waals surface area contributed by atoms with Crippen LogP contribution in [0, 0.1) is 17.0 Å². The minimum Gasteiger partial charge on any atom is -0.359 e. The lowest BCUT2D eigenvalue weighted by atomic mass is 9.90. The number of nitro groups is 1. The van der Waals surface area contributed by atoms with E-state index in [1.807, 2.05) is 0 Å². The van der Waals surface area contributed by atoms with Gasteiger partial charge in [-0.2, -0.15) is 0 Å². The highest BCUT2D eigenvalue weighted by atomic mass is 16.6. The van der Waals surface area contributed by atoms with Gasteiger partial charge in [0.05, 0.1) is 4.92 Å². The molecule has 0 aromatic carbocycles. The van der Waals surface area contributed by atoms with Gasteiger partial charge >= 0.3 is 5.69 Å². The lowest BCUT2D eigenvalue weighted by Gasteiger charge is -2.35. The van der Waals surface area contributed by atoms with Crippen molar-refractivity contribution in [2.24, 2.45) is 0 Å². The molecule has 0 bridgehead atoms. The number of pyridine rings is 1. The summed E-state index contributed by atoms with van der Waals surface area (Å²) in [5.74, 6) is 0.379. The quantitative estimate of drug-likeness (QED) is 0.632. The van der Waals surface area contributed by atoms with Gasteiger partial charge in [-0.15, -0.1) is 0 Å². The molecular formula is C12H18N4O2. The molecule has 0 aliphatic carbocycles. The van der Waals surface area contributed by atoms with Gasteiger partial charge in [0, 0.05) is 17.3 Å². The Labute approximate surface area is 106 Å². The Morgan fingerprint density at radius 2 is 2.17 bits per heavy atom. The van der Waals surface area contributed by atoms with Crippen LogP contribution in [0.4, 0.5) is 11.5 Å². The summed E-state index contributed by atoms with van der Waals surface area (Å²) in [5, 5.41) is 17.6. The zero-order chi connectivity index (χ0) is 13.2. The Hall–Kier alpha value is -1.69. The van der Waals surface area contributed by atoms with E-state index in [9.17, 15) is 10.1 Å². The molecule has 2 heterocycles. The highest BCUT2D eigenvalue weighted by molar-refractivity contribution is 5.60. The predicted molar refractivity (Wildman–Crippen MR) is 69.8 cm³/mol. The summed E-state index contributed by atoms with van der Waals surface area (Å²) in [7, 11) is 0. The van der Waals surface area contributed by atoms with E-state index < -0.39 is 0 Å². The Morgan fingerprint density at radius 3 is 2.78 bits per heavy atom. The van der Waals surface area contributed by atoms with Crippen molar-refractivity contribution < 1.29 is 4.92 Å². The van der Waals surface area contributed by atoms with Crippen LogP contribution in [0.25, 0.3) is 0 Å². The summed E-state index contributed by atoms with van der Waals surface area (Å²) in [6.07, 6.45) is 3.47. The third-order valence-corrected chi connectivity index (χ3v) is 3.44. The minimum atomic E-state index is -0.366. The van der Waals surface area contributed by atoms with Crippen LogP contribution in [0.2, 0.25) is 0 Å². The molecular weight excluding hydrogens is 232 g/mol. The van der Waals surface area contributed by atoms with Crippen LogP contribution in [-0.2, 0) is 0 Å². The molecule has 2 N–H and O–H groups in total. The van der Waals surface area contributed by atoms with Crippen LogP contribution >= 0.6 is 0 Å². The molecule has 1 saturated heterocycles. The maximum atomic E-state index is 11.1. The molecule has 2 rings (SSSR count). The van der Waals surface area contributed by atoms with E-state index in [0.717, 1.165) is 25.9 Å². The van der Waals surface area contributed by atoms with Crippen molar-refractivity contribution >= 4 is 11.5 Å². The van der Waals surface area contributed by atoms with Gasteiger partial charge in [0.2, 0.25) is 5.82 Å². The molecule has 1 aromatic rings. The van der Waals surface area contributed by atoms with Gasteiger partial charge in [0.15, 0.2) is 0 Å². The maximum Gasteiger partial charge on any atom is 0.314 e. The molecule has 0 unspecified atom stereocenters. The molecule has 6 heteroatoms. The zero-order valence-electron chi connectivity index (χ0n) is 10.7. The number of nitrogens with one attached hydrogen (secondary N) is 2. The van der Waals surface area contributed by atoms with Crippen LogP contribution < -0.4 is 10.6 Å². The summed E-state index contributed by atoms with van der Waals surface area (Å²) in [6.45, 7) is 5.66. The Bertz CT molecular complexity index is 455. The van der Waals surface area contributed by atoms with Gasteiger partial charge < -0.3 is 10.6 Å². The fourth-order valence-corrected chi connectivity index (χ4v) is 2.26. The first-order valence-corrected chi connectivity index (χ1v) is 6.11. The first-order chi connectivity index (χ1) is 8.52. The lowest BCUT2D eigenvalue weighted by molar-refractivity contribution is -0.384. The second-order valence-electron chi connectivity index (χ2n) is 5.02. The topological polar surface area (TPSA) is 80.1 Å². The Kier molecular flexibility index (Phi) is 3.47. The monoisotopic (exact) mass is 250 g/mol. The molecule has 0 amide bonds. The van der Waals surface area contributed by atoms with E-state index in [0.29, 0.717) is 11.4 Å². The van der Waals surface area contributed by atoms with Crippen molar-refractivity contribution in [1.82, 2.24) is 10.3 Å². The first-order valence-electron chi connectivity index (χ1n) is 6.11. The molecule has 1 aliphatic heterocycles. The van der Waals surface area contributed by atoms with Crippen LogP contribution in [0.1, 0.15) is 25.3 Å². The molecule has 1 fully saturated rings. The van der Waals surface area contributed by atoms with Gasteiger partial charge in [0.1, 0.15) is 0 Å². The molecule has 0 saturated carbocycles. The number of hydrogen-bond donors (Lipinski definition) is 2. The molecule has 0 atom stereocenters. The molecule has 1 aromatic heterocycles. The summed E-state index contributed by atoms with van der Waals surface area (Å²) in [5.41, 5.74) is 0.587. The Balaban J connectivity index is 2.28. The third kappa shape index (κ3) is 2.59. The highest BCUT2D eigenvalue weighted by Gasteiger charge is 2.30. The molecule has 0 spiro atoms. The molecule has 98 valence electrons. The molecule has 6 nitrogen and oxygen atoms in total. The van der Waals surface area contributed by atoms with Crippen molar-refractivity contribution in [3.05, 3.63) is 27.9 Å². The largest absolute Gasteiger partial charge is 0.359 e. The van der Waals surface area contributed by atoms with Gasteiger partial charge in [-0.1, -0.05) is 0 Å². The van der Waals surface area contributed by atoms with Gasteiger partial charge in [-0.05, 0) is 45.8 Å². The van der Waals surface area contributed by atoms with E-state index >= 15 is 0 Å². The van der Waals surface area contributed by atoms with Crippen LogP contribution in [0.5, 0.6) is 0 Å². The van der Waals surface area contributed by atoms with Crippen molar-refractivity contribution in [2.75, 3.05) is 18.4 Å². The zero-order valence-corrected chi connectivity index (χ0v) is 10.7. The van der Waals surface area contributed by atoms with Crippen LogP contribution in [0.15, 0.2) is 12.3 Å². The van der Waals surface area contributed by atoms with Gasteiger partial charge in [-0.3, -0.25) is 10.1 Å². The number of nitrogens with zero attached hydrogens (tertiary/aromatic N) is 2. The number of piperidine rings is 1. The lowest BCUT2D eigenvalue weighted by Crippen LogP contribution is -2.45. The fourth-order valence-electron chi connectivity index (χ4n) is 2.26. The minimum absolute atomic E-state index is 0.0808. The van der Waals surface area contributed by atoms with E-state index in [-0.39, 0.29) is 16.1 Å². The standard InChI is InChI=1S/C12H18N4O2/c1-9-3-6-14-11(10(9)16(17)18)15-12(2)4-7-13-8-5-12/h3,6,13H,4-5,7-8H2,1-2H3,(H,14,15). The molecule has 18 heavy (non-hydrogen) atoms. The summed E-state index contributed by atoms with van der Waals surface area (Å²) >= 11 is 0. The van der Waals surface area contributed by atoms with E-state index in [1.165, 1.54) is 0 Å². The fraction of sp³-hybridized carbons (Fsp3) is 0.583. The predicted octanol–water partition coefficient (Wildman–Crippen LogP) is 1.85. The number of aromatic nitrogens is 1. The summed E-state index contributed by atoms with van der Waals surface area (Å²) in [6, 6.07) is 1.66. The maximum absolute atomic E-state index is 11.1.